The minimum absolute atomic E-state index is 0.0530. The summed E-state index contributed by atoms with van der Waals surface area (Å²) in [6, 6.07) is 20.2. The number of rotatable bonds is 9. The largest absolute Gasteiger partial charge is 0.464 e. The summed E-state index contributed by atoms with van der Waals surface area (Å²) < 4.78 is 61.4. The van der Waals surface area contributed by atoms with Gasteiger partial charge in [0.15, 0.2) is 17.3 Å². The predicted molar refractivity (Wildman–Crippen MR) is 171 cm³/mol. The average molecular weight is 670 g/mol. The summed E-state index contributed by atoms with van der Waals surface area (Å²) in [7, 11) is -2.87. The first-order chi connectivity index (χ1) is 23.1. The molecule has 242 valence electrons. The van der Waals surface area contributed by atoms with E-state index in [1.165, 1.54) is 66.7 Å². The van der Waals surface area contributed by atoms with Crippen LogP contribution in [0.4, 0.5) is 8.78 Å². The summed E-state index contributed by atoms with van der Waals surface area (Å²) in [5, 5.41) is 3.10. The molecule has 6 aromatic rings. The van der Waals surface area contributed by atoms with Crippen molar-refractivity contribution < 1.29 is 31.5 Å². The molecule has 0 radical (unpaired) electrons. The molecule has 4 aromatic heterocycles. The second kappa shape index (κ2) is 13.0. The van der Waals surface area contributed by atoms with Gasteiger partial charge in [0.1, 0.15) is 11.3 Å². The minimum atomic E-state index is -4.05. The van der Waals surface area contributed by atoms with Gasteiger partial charge in [0, 0.05) is 29.5 Å². The number of aromatic nitrogens is 4. The number of hydrogen-bond acceptors (Lipinski definition) is 8. The summed E-state index contributed by atoms with van der Waals surface area (Å²) in [5.41, 5.74) is 0.494. The van der Waals surface area contributed by atoms with E-state index in [9.17, 15) is 31.6 Å². The fourth-order valence-electron chi connectivity index (χ4n) is 5.13. The zero-order valence-electron chi connectivity index (χ0n) is 25.1. The van der Waals surface area contributed by atoms with Gasteiger partial charge in [0.2, 0.25) is 0 Å². The van der Waals surface area contributed by atoms with Gasteiger partial charge in [-0.25, -0.2) is 35.9 Å². The first-order valence-corrected chi connectivity index (χ1v) is 15.8. The molecular formula is C34H25F2N5O6S. The number of ether oxygens (including phenoxy) is 1. The van der Waals surface area contributed by atoms with Crippen LogP contribution in [0.3, 0.4) is 0 Å². The number of nitrogens with zero attached hydrogens (tertiary/aromatic N) is 4. The third-order valence-corrected chi connectivity index (χ3v) is 9.11. The standard InChI is InChI=1S/C34H25F2N5O6S/c1-47-34(44)30-17-22(27-20-41(31-25(27)9-5-13-37-31)48(45,46)24-7-3-2-4-8-24)16-23(39-30)18-38-32(42)26-10-6-14-40(33(26)43)19-21-11-12-28(35)29(36)15-21/h2-17,20H,18-19H2,1H3,(H,38,42). The number of esters is 1. The maximum atomic E-state index is 13.7. The molecule has 0 aliphatic carbocycles. The number of carbonyl (C=O) groups is 2. The van der Waals surface area contributed by atoms with E-state index in [2.05, 4.69) is 15.3 Å². The van der Waals surface area contributed by atoms with E-state index >= 15 is 0 Å². The molecule has 0 fully saturated rings. The van der Waals surface area contributed by atoms with Crippen molar-refractivity contribution in [2.45, 2.75) is 18.0 Å². The molecule has 11 nitrogen and oxygen atoms in total. The van der Waals surface area contributed by atoms with E-state index in [0.717, 1.165) is 16.1 Å². The molecule has 0 atom stereocenters. The SMILES string of the molecule is COC(=O)c1cc(-c2cn(S(=O)(=O)c3ccccc3)c3ncccc23)cc(CNC(=O)c2cccn(Cc3ccc(F)c(F)c3)c2=O)n1. The van der Waals surface area contributed by atoms with E-state index in [-0.39, 0.29) is 40.6 Å². The van der Waals surface area contributed by atoms with Crippen molar-refractivity contribution in [2.24, 2.45) is 0 Å². The highest BCUT2D eigenvalue weighted by molar-refractivity contribution is 7.90. The normalized spacial score (nSPS) is 11.4. The number of fused-ring (bicyclic) bond motifs is 1. The lowest BCUT2D eigenvalue weighted by molar-refractivity contribution is 0.0593. The predicted octanol–water partition coefficient (Wildman–Crippen LogP) is 4.54. The van der Waals surface area contributed by atoms with Gasteiger partial charge in [-0.3, -0.25) is 9.59 Å². The monoisotopic (exact) mass is 669 g/mol. The lowest BCUT2D eigenvalue weighted by Crippen LogP contribution is -2.33. The molecule has 48 heavy (non-hydrogen) atoms. The van der Waals surface area contributed by atoms with Crippen LogP contribution >= 0.6 is 0 Å². The number of benzene rings is 2. The highest BCUT2D eigenvalue weighted by Crippen LogP contribution is 2.33. The van der Waals surface area contributed by atoms with Gasteiger partial charge in [-0.15, -0.1) is 0 Å². The Morgan fingerprint density at radius 2 is 1.73 bits per heavy atom. The van der Waals surface area contributed by atoms with Crippen LogP contribution in [-0.4, -0.2) is 45.9 Å². The number of amides is 1. The molecule has 0 unspecified atom stereocenters. The van der Waals surface area contributed by atoms with Gasteiger partial charge in [-0.05, 0) is 71.8 Å². The Labute approximate surface area is 272 Å². The topological polar surface area (TPSA) is 142 Å². The zero-order valence-corrected chi connectivity index (χ0v) is 25.9. The van der Waals surface area contributed by atoms with Crippen molar-refractivity contribution in [1.29, 1.82) is 0 Å². The van der Waals surface area contributed by atoms with Crippen molar-refractivity contribution in [1.82, 2.24) is 23.8 Å². The molecular weight excluding hydrogens is 644 g/mol. The Balaban J connectivity index is 1.33. The Bertz CT molecular complexity index is 2380. The lowest BCUT2D eigenvalue weighted by Gasteiger charge is -2.11. The van der Waals surface area contributed by atoms with Crippen LogP contribution in [0, 0.1) is 11.6 Å². The highest BCUT2D eigenvalue weighted by atomic mass is 32.2. The lowest BCUT2D eigenvalue weighted by atomic mass is 10.0. The smallest absolute Gasteiger partial charge is 0.356 e. The number of halogens is 2. The molecule has 0 spiro atoms. The highest BCUT2D eigenvalue weighted by Gasteiger charge is 2.24. The molecule has 0 saturated heterocycles. The molecule has 0 saturated carbocycles. The van der Waals surface area contributed by atoms with Crippen LogP contribution in [0.25, 0.3) is 22.2 Å². The molecule has 2 aromatic carbocycles. The Morgan fingerprint density at radius 3 is 2.48 bits per heavy atom. The fourth-order valence-corrected chi connectivity index (χ4v) is 6.47. The van der Waals surface area contributed by atoms with Crippen LogP contribution in [0.1, 0.15) is 32.1 Å². The maximum absolute atomic E-state index is 13.7. The number of carbonyl (C=O) groups excluding carboxylic acids is 2. The van der Waals surface area contributed by atoms with Crippen LogP contribution in [0.2, 0.25) is 0 Å². The Hall–Kier alpha value is -6.02. The second-order valence-electron chi connectivity index (χ2n) is 10.5. The van der Waals surface area contributed by atoms with Gasteiger partial charge in [0.25, 0.3) is 21.5 Å². The number of nitrogens with one attached hydrogen (secondary N) is 1. The van der Waals surface area contributed by atoms with Gasteiger partial charge >= 0.3 is 5.97 Å². The molecule has 0 bridgehead atoms. The van der Waals surface area contributed by atoms with Crippen molar-refractivity contribution >= 4 is 32.9 Å². The van der Waals surface area contributed by atoms with E-state index in [0.29, 0.717) is 22.1 Å². The summed E-state index contributed by atoms with van der Waals surface area (Å²) in [4.78, 5) is 47.6. The fraction of sp³-hybridized carbons (Fsp3) is 0.0882. The Morgan fingerprint density at radius 1 is 0.938 bits per heavy atom. The van der Waals surface area contributed by atoms with Crippen molar-refractivity contribution in [3.05, 3.63) is 148 Å². The number of methoxy groups -OCH3 is 1. The van der Waals surface area contributed by atoms with E-state index < -0.39 is 39.1 Å². The second-order valence-corrected chi connectivity index (χ2v) is 12.4. The quantitative estimate of drug-likeness (QED) is 0.221. The van der Waals surface area contributed by atoms with Gasteiger partial charge in [-0.1, -0.05) is 24.3 Å². The Kier molecular flexibility index (Phi) is 8.65. The van der Waals surface area contributed by atoms with E-state index in [1.54, 1.807) is 36.4 Å². The number of hydrogen-bond donors (Lipinski definition) is 1. The van der Waals surface area contributed by atoms with Crippen molar-refractivity contribution in [3.63, 3.8) is 0 Å². The third kappa shape index (κ3) is 6.20. The summed E-state index contributed by atoms with van der Waals surface area (Å²) >= 11 is 0. The number of pyridine rings is 3. The van der Waals surface area contributed by atoms with Crippen molar-refractivity contribution in [3.8, 4) is 11.1 Å². The van der Waals surface area contributed by atoms with Gasteiger partial charge in [0.05, 0.1) is 30.8 Å². The summed E-state index contributed by atoms with van der Waals surface area (Å²) in [5.74, 6) is -3.60. The molecule has 4 heterocycles. The van der Waals surface area contributed by atoms with Gasteiger partial charge in [-0.2, -0.15) is 0 Å². The molecule has 6 rings (SSSR count). The van der Waals surface area contributed by atoms with Crippen LogP contribution in [-0.2, 0) is 27.8 Å². The zero-order chi connectivity index (χ0) is 34.0. The van der Waals surface area contributed by atoms with Crippen molar-refractivity contribution in [2.75, 3.05) is 7.11 Å². The minimum Gasteiger partial charge on any atom is -0.464 e. The van der Waals surface area contributed by atoms with Gasteiger partial charge < -0.3 is 14.6 Å². The van der Waals surface area contributed by atoms with Crippen LogP contribution in [0.15, 0.2) is 113 Å². The molecule has 0 aliphatic heterocycles. The van der Waals surface area contributed by atoms with E-state index in [4.69, 9.17) is 4.74 Å². The average Bonchev–Trinajstić information content (AvgIpc) is 3.50. The van der Waals surface area contributed by atoms with Crippen LogP contribution in [0.5, 0.6) is 0 Å². The van der Waals surface area contributed by atoms with Crippen LogP contribution < -0.4 is 10.9 Å². The molecule has 0 aliphatic rings. The third-order valence-electron chi connectivity index (χ3n) is 7.45. The molecule has 1 N–H and O–H groups in total. The molecule has 1 amide bonds. The first-order valence-electron chi connectivity index (χ1n) is 14.3. The summed E-state index contributed by atoms with van der Waals surface area (Å²) in [6.07, 6.45) is 4.28. The van der Waals surface area contributed by atoms with E-state index in [1.807, 2.05) is 0 Å². The molecule has 14 heteroatoms. The first kappa shape index (κ1) is 31.9. The summed E-state index contributed by atoms with van der Waals surface area (Å²) in [6.45, 7) is -0.334. The maximum Gasteiger partial charge on any atom is 0.356 e.